The normalized spacial score (nSPS) is 32.8. The molecular weight excluding hydrogens is 385 g/mol. The highest BCUT2D eigenvalue weighted by atomic mass is 32.2. The van der Waals surface area contributed by atoms with Gasteiger partial charge in [0.2, 0.25) is 0 Å². The summed E-state index contributed by atoms with van der Waals surface area (Å²) in [6.07, 6.45) is 3.36. The van der Waals surface area contributed by atoms with Gasteiger partial charge in [0, 0.05) is 25.0 Å². The predicted octanol–water partition coefficient (Wildman–Crippen LogP) is 0.570. The highest BCUT2D eigenvalue weighted by Gasteiger charge is 2.54. The molecule has 0 spiro atoms. The standard InChI is InChI=1S/C17H32BN3O6S/c1-15(2)16(3,4)27-18(26-15)9-5-6-12-10-21(11-17(12,19)14(22)23)28(24,25)20-13-7-8-13/h12-13,20H,5-11,19H2,1-4H3,(H,22,23)/t12-,17-/m0/s1. The second kappa shape index (κ2) is 7.21. The molecule has 0 aromatic carbocycles. The molecule has 2 aliphatic heterocycles. The van der Waals surface area contributed by atoms with Gasteiger partial charge in [-0.1, -0.05) is 6.42 Å². The molecule has 160 valence electrons. The number of aliphatic carboxylic acids is 1. The highest BCUT2D eigenvalue weighted by Crippen LogP contribution is 2.39. The smallest absolute Gasteiger partial charge is 0.457 e. The second-order valence-electron chi connectivity index (χ2n) is 9.35. The molecule has 1 aliphatic carbocycles. The molecule has 0 aromatic rings. The van der Waals surface area contributed by atoms with Crippen LogP contribution in [0.1, 0.15) is 53.4 Å². The first-order chi connectivity index (χ1) is 12.8. The summed E-state index contributed by atoms with van der Waals surface area (Å²) in [5.74, 6) is -1.64. The van der Waals surface area contributed by atoms with E-state index in [1.54, 1.807) is 0 Å². The molecular formula is C17H32BN3O6S. The first-order valence-electron chi connectivity index (χ1n) is 9.92. The minimum Gasteiger partial charge on any atom is -0.480 e. The molecule has 0 unspecified atom stereocenters. The summed E-state index contributed by atoms with van der Waals surface area (Å²) in [5.41, 5.74) is 3.75. The van der Waals surface area contributed by atoms with Crippen molar-refractivity contribution in [3.8, 4) is 0 Å². The molecule has 28 heavy (non-hydrogen) atoms. The number of carboxylic acids is 1. The molecule has 3 aliphatic rings. The van der Waals surface area contributed by atoms with Crippen LogP contribution in [0.15, 0.2) is 0 Å². The van der Waals surface area contributed by atoms with Crippen molar-refractivity contribution in [3.63, 3.8) is 0 Å². The predicted molar refractivity (Wildman–Crippen MR) is 105 cm³/mol. The van der Waals surface area contributed by atoms with Crippen LogP contribution in [0.4, 0.5) is 0 Å². The van der Waals surface area contributed by atoms with Gasteiger partial charge in [0.25, 0.3) is 10.2 Å². The fourth-order valence-corrected chi connectivity index (χ4v) is 5.33. The molecule has 0 amide bonds. The lowest BCUT2D eigenvalue weighted by molar-refractivity contribution is -0.144. The summed E-state index contributed by atoms with van der Waals surface area (Å²) in [6, 6.07) is -0.0376. The molecule has 0 radical (unpaired) electrons. The molecule has 4 N–H and O–H groups in total. The summed E-state index contributed by atoms with van der Waals surface area (Å²) in [7, 11) is -4.08. The van der Waals surface area contributed by atoms with E-state index in [-0.39, 0.29) is 26.2 Å². The van der Waals surface area contributed by atoms with E-state index in [9.17, 15) is 18.3 Å². The summed E-state index contributed by atoms with van der Waals surface area (Å²) >= 11 is 0. The summed E-state index contributed by atoms with van der Waals surface area (Å²) in [5, 5.41) is 9.65. The SMILES string of the molecule is CC1(C)OB(CCC[C@H]2CN(S(=O)(=O)NC3CC3)C[C@@]2(N)C(=O)O)OC1(C)C. The average Bonchev–Trinajstić information content (AvgIpc) is 3.22. The van der Waals surface area contributed by atoms with Crippen LogP contribution in [0.3, 0.4) is 0 Å². The first-order valence-corrected chi connectivity index (χ1v) is 11.4. The number of hydrogen-bond acceptors (Lipinski definition) is 6. The lowest BCUT2D eigenvalue weighted by atomic mass is 9.78. The molecule has 2 saturated heterocycles. The van der Waals surface area contributed by atoms with Crippen molar-refractivity contribution in [3.05, 3.63) is 0 Å². The van der Waals surface area contributed by atoms with Crippen molar-refractivity contribution in [1.82, 2.24) is 9.03 Å². The van der Waals surface area contributed by atoms with Gasteiger partial charge in [-0.25, -0.2) is 0 Å². The average molecular weight is 417 g/mol. The minimum absolute atomic E-state index is 0.0376. The fourth-order valence-electron chi connectivity index (χ4n) is 3.77. The molecule has 0 aromatic heterocycles. The van der Waals surface area contributed by atoms with Crippen molar-refractivity contribution >= 4 is 23.3 Å². The largest absolute Gasteiger partial charge is 0.480 e. The van der Waals surface area contributed by atoms with Crippen LogP contribution < -0.4 is 10.5 Å². The lowest BCUT2D eigenvalue weighted by Gasteiger charge is -2.32. The quantitative estimate of drug-likeness (QED) is 0.492. The van der Waals surface area contributed by atoms with Crippen LogP contribution in [0.25, 0.3) is 0 Å². The van der Waals surface area contributed by atoms with Gasteiger partial charge in [0.15, 0.2) is 0 Å². The zero-order valence-corrected chi connectivity index (χ0v) is 17.9. The summed E-state index contributed by atoms with van der Waals surface area (Å²) in [6.45, 7) is 7.81. The van der Waals surface area contributed by atoms with E-state index in [4.69, 9.17) is 15.0 Å². The molecule has 2 heterocycles. The van der Waals surface area contributed by atoms with Crippen LogP contribution in [-0.4, -0.2) is 66.8 Å². The van der Waals surface area contributed by atoms with Crippen molar-refractivity contribution in [2.75, 3.05) is 13.1 Å². The first kappa shape index (κ1) is 22.0. The Hall–Kier alpha value is -0.715. The van der Waals surface area contributed by atoms with Crippen molar-refractivity contribution in [2.45, 2.75) is 82.5 Å². The van der Waals surface area contributed by atoms with Gasteiger partial charge >= 0.3 is 13.1 Å². The van der Waals surface area contributed by atoms with E-state index in [0.717, 1.165) is 12.8 Å². The van der Waals surface area contributed by atoms with Gasteiger partial charge in [-0.15, -0.1) is 0 Å². The van der Waals surface area contributed by atoms with Crippen molar-refractivity contribution in [2.24, 2.45) is 11.7 Å². The third-order valence-corrected chi connectivity index (χ3v) is 8.11. The molecule has 9 nitrogen and oxygen atoms in total. The minimum atomic E-state index is -3.72. The topological polar surface area (TPSA) is 131 Å². The monoisotopic (exact) mass is 417 g/mol. The van der Waals surface area contributed by atoms with E-state index in [0.29, 0.717) is 19.2 Å². The number of nitrogens with one attached hydrogen (secondary N) is 1. The Morgan fingerprint density at radius 2 is 1.82 bits per heavy atom. The maximum absolute atomic E-state index is 12.5. The highest BCUT2D eigenvalue weighted by molar-refractivity contribution is 7.87. The lowest BCUT2D eigenvalue weighted by Crippen LogP contribution is -2.55. The van der Waals surface area contributed by atoms with E-state index in [1.165, 1.54) is 4.31 Å². The molecule has 0 bridgehead atoms. The van der Waals surface area contributed by atoms with Crippen molar-refractivity contribution < 1.29 is 27.6 Å². The molecule has 2 atom stereocenters. The van der Waals surface area contributed by atoms with E-state index in [1.807, 2.05) is 27.7 Å². The third-order valence-electron chi connectivity index (χ3n) is 6.52. The number of carbonyl (C=O) groups is 1. The molecule has 1 saturated carbocycles. The van der Waals surface area contributed by atoms with Gasteiger partial charge < -0.3 is 20.1 Å². The Kier molecular flexibility index (Phi) is 5.66. The molecule has 3 fully saturated rings. The number of hydrogen-bond donors (Lipinski definition) is 3. The van der Waals surface area contributed by atoms with Gasteiger partial charge in [-0.3, -0.25) is 4.79 Å². The Morgan fingerprint density at radius 3 is 2.32 bits per heavy atom. The van der Waals surface area contributed by atoms with Crippen molar-refractivity contribution in [1.29, 1.82) is 0 Å². The second-order valence-corrected chi connectivity index (χ2v) is 11.1. The number of nitrogens with zero attached hydrogens (tertiary/aromatic N) is 1. The van der Waals surface area contributed by atoms with Crippen LogP contribution >= 0.6 is 0 Å². The molecule has 3 rings (SSSR count). The van der Waals surface area contributed by atoms with Crippen LogP contribution in [-0.2, 0) is 24.3 Å². The summed E-state index contributed by atoms with van der Waals surface area (Å²) < 4.78 is 40.7. The van der Waals surface area contributed by atoms with Gasteiger partial charge in [-0.2, -0.15) is 17.4 Å². The van der Waals surface area contributed by atoms with E-state index in [2.05, 4.69) is 4.72 Å². The van der Waals surface area contributed by atoms with E-state index >= 15 is 0 Å². The Morgan fingerprint density at radius 1 is 1.25 bits per heavy atom. The number of rotatable bonds is 8. The van der Waals surface area contributed by atoms with Gasteiger partial charge in [-0.05, 0) is 53.3 Å². The molecule has 11 heteroatoms. The maximum atomic E-state index is 12.5. The zero-order valence-electron chi connectivity index (χ0n) is 17.1. The van der Waals surface area contributed by atoms with Crippen LogP contribution in [0.5, 0.6) is 0 Å². The summed E-state index contributed by atoms with van der Waals surface area (Å²) in [4.78, 5) is 11.8. The van der Waals surface area contributed by atoms with Gasteiger partial charge in [0.05, 0.1) is 11.2 Å². The van der Waals surface area contributed by atoms with E-state index < -0.39 is 38.8 Å². The van der Waals surface area contributed by atoms with Crippen LogP contribution in [0.2, 0.25) is 6.32 Å². The Balaban J connectivity index is 1.59. The number of nitrogens with two attached hydrogens (primary N) is 1. The fraction of sp³-hybridized carbons (Fsp3) is 0.941. The Labute approximate surface area is 167 Å². The third kappa shape index (κ3) is 4.24. The van der Waals surface area contributed by atoms with Crippen LogP contribution in [0, 0.1) is 5.92 Å². The number of carboxylic acid groups (broad SMARTS) is 1. The zero-order chi connectivity index (χ0) is 21.0. The Bertz CT molecular complexity index is 710. The van der Waals surface area contributed by atoms with Gasteiger partial charge in [0.1, 0.15) is 5.54 Å². The maximum Gasteiger partial charge on any atom is 0.457 e.